The molecule has 0 fully saturated rings. The molecule has 2 aromatic carbocycles. The van der Waals surface area contributed by atoms with E-state index in [2.05, 4.69) is 5.32 Å². The summed E-state index contributed by atoms with van der Waals surface area (Å²) in [6.45, 7) is 1.88. The number of hydrogen-bond acceptors (Lipinski definition) is 5. The van der Waals surface area contributed by atoms with Gasteiger partial charge in [0, 0.05) is 41.5 Å². The van der Waals surface area contributed by atoms with Crippen LogP contribution in [0, 0.1) is 10.1 Å². The Bertz CT molecular complexity index is 841. The number of hydrogen-bond donors (Lipinski definition) is 1. The van der Waals surface area contributed by atoms with Crippen molar-refractivity contribution in [2.24, 2.45) is 0 Å². The van der Waals surface area contributed by atoms with E-state index >= 15 is 0 Å². The van der Waals surface area contributed by atoms with E-state index in [1.165, 1.54) is 12.1 Å². The second-order valence-electron chi connectivity index (χ2n) is 6.18. The molecular weight excluding hydrogens is 372 g/mol. The van der Waals surface area contributed by atoms with Crippen LogP contribution in [0.1, 0.15) is 42.9 Å². The van der Waals surface area contributed by atoms with Gasteiger partial charge in [-0.15, -0.1) is 0 Å². The average molecular weight is 390 g/mol. The summed E-state index contributed by atoms with van der Waals surface area (Å²) in [4.78, 5) is 33.9. The molecule has 0 aliphatic heterocycles. The van der Waals surface area contributed by atoms with Crippen LogP contribution in [0.4, 0.5) is 5.69 Å². The molecule has 0 bridgehead atoms. The van der Waals surface area contributed by atoms with Gasteiger partial charge in [-0.05, 0) is 17.5 Å². The molecule has 1 N–H and O–H groups in total. The Morgan fingerprint density at radius 2 is 1.81 bits per heavy atom. The molecule has 2 atom stereocenters. The number of benzene rings is 2. The van der Waals surface area contributed by atoms with E-state index in [0.717, 1.165) is 11.6 Å². The van der Waals surface area contributed by atoms with Gasteiger partial charge < -0.3 is 15.2 Å². The Morgan fingerprint density at radius 3 is 2.41 bits per heavy atom. The highest BCUT2D eigenvalue weighted by atomic mass is 35.5. The lowest BCUT2D eigenvalue weighted by molar-refractivity contribution is -0.385. The third-order valence-electron chi connectivity index (χ3n) is 4.13. The quantitative estimate of drug-likeness (QED) is 0.551. The van der Waals surface area contributed by atoms with E-state index < -0.39 is 23.4 Å². The molecule has 1 amide bonds. The normalized spacial score (nSPS) is 12.8. The zero-order valence-electron chi connectivity index (χ0n) is 14.6. The topological polar surface area (TPSA) is 112 Å². The van der Waals surface area contributed by atoms with Crippen molar-refractivity contribution >= 4 is 29.2 Å². The number of nitrogens with zero attached hydrogens (tertiary/aromatic N) is 1. The third-order valence-corrected chi connectivity index (χ3v) is 4.48. The van der Waals surface area contributed by atoms with E-state index in [0.29, 0.717) is 0 Å². The van der Waals surface area contributed by atoms with Crippen LogP contribution in [0.15, 0.2) is 48.5 Å². The maximum atomic E-state index is 12.4. The summed E-state index contributed by atoms with van der Waals surface area (Å²) >= 11 is 6.08. The van der Waals surface area contributed by atoms with Crippen molar-refractivity contribution < 1.29 is 19.6 Å². The van der Waals surface area contributed by atoms with E-state index in [-0.39, 0.29) is 34.5 Å². The molecule has 2 rings (SSSR count). The maximum Gasteiger partial charge on any atom is 0.269 e. The van der Waals surface area contributed by atoms with Crippen LogP contribution in [0.5, 0.6) is 0 Å². The number of rotatable bonds is 8. The number of carbonyl (C=O) groups excluding carboxylic acids is 2. The van der Waals surface area contributed by atoms with E-state index in [9.17, 15) is 24.8 Å². The average Bonchev–Trinajstić information content (AvgIpc) is 2.61. The molecule has 2 aromatic rings. The van der Waals surface area contributed by atoms with Crippen LogP contribution in [0.3, 0.4) is 0 Å². The minimum Gasteiger partial charge on any atom is -0.550 e. The molecule has 27 heavy (non-hydrogen) atoms. The number of carboxylic acid groups (broad SMARTS) is 1. The monoisotopic (exact) mass is 389 g/mol. The Labute approximate surface area is 161 Å². The summed E-state index contributed by atoms with van der Waals surface area (Å²) < 4.78 is 0. The van der Waals surface area contributed by atoms with E-state index in [4.69, 9.17) is 11.6 Å². The van der Waals surface area contributed by atoms with Gasteiger partial charge in [-0.2, -0.15) is 0 Å². The molecule has 0 heterocycles. The van der Waals surface area contributed by atoms with Crippen molar-refractivity contribution in [3.63, 3.8) is 0 Å². The standard InChI is InChI=1S/C19H19ClN2O5/c1-12(13-5-3-2-4-6-13)9-18(23)21-17(11-19(24)25)15-10-14(22(26)27)7-8-16(15)20/h2-8,10,12,17H,9,11H2,1H3,(H,21,23)(H,24,25)/p-1/t12-,17-/m1/s1. The van der Waals surface area contributed by atoms with Gasteiger partial charge in [0.15, 0.2) is 0 Å². The smallest absolute Gasteiger partial charge is 0.269 e. The first-order chi connectivity index (χ1) is 12.8. The molecule has 8 heteroatoms. The van der Waals surface area contributed by atoms with Gasteiger partial charge >= 0.3 is 0 Å². The molecule has 0 aliphatic rings. The van der Waals surface area contributed by atoms with Crippen molar-refractivity contribution in [3.8, 4) is 0 Å². The van der Waals surface area contributed by atoms with Crippen molar-refractivity contribution in [1.29, 1.82) is 0 Å². The molecule has 142 valence electrons. The lowest BCUT2D eigenvalue weighted by Gasteiger charge is -2.22. The lowest BCUT2D eigenvalue weighted by atomic mass is 9.96. The Balaban J connectivity index is 2.19. The van der Waals surface area contributed by atoms with Gasteiger partial charge in [0.05, 0.1) is 11.0 Å². The van der Waals surface area contributed by atoms with Crippen LogP contribution < -0.4 is 10.4 Å². The molecule has 0 aliphatic carbocycles. The van der Waals surface area contributed by atoms with E-state index in [1.54, 1.807) is 0 Å². The second-order valence-corrected chi connectivity index (χ2v) is 6.58. The van der Waals surface area contributed by atoms with Gasteiger partial charge in [0.25, 0.3) is 5.69 Å². The van der Waals surface area contributed by atoms with Crippen LogP contribution >= 0.6 is 11.6 Å². The lowest BCUT2D eigenvalue weighted by Crippen LogP contribution is -2.34. The van der Waals surface area contributed by atoms with Crippen molar-refractivity contribution in [3.05, 3.63) is 74.8 Å². The Morgan fingerprint density at radius 1 is 1.15 bits per heavy atom. The second kappa shape index (κ2) is 9.14. The van der Waals surface area contributed by atoms with E-state index in [1.807, 2.05) is 37.3 Å². The van der Waals surface area contributed by atoms with Crippen molar-refractivity contribution in [2.75, 3.05) is 0 Å². The van der Waals surface area contributed by atoms with Crippen LogP contribution in [0.25, 0.3) is 0 Å². The Kier molecular flexibility index (Phi) is 6.90. The highest BCUT2D eigenvalue weighted by Crippen LogP contribution is 2.29. The molecule has 0 saturated carbocycles. The third kappa shape index (κ3) is 5.79. The van der Waals surface area contributed by atoms with Crippen LogP contribution in [-0.2, 0) is 9.59 Å². The van der Waals surface area contributed by atoms with Gasteiger partial charge in [0.1, 0.15) is 0 Å². The number of amides is 1. The first-order valence-electron chi connectivity index (χ1n) is 8.26. The van der Waals surface area contributed by atoms with Crippen molar-refractivity contribution in [2.45, 2.75) is 31.7 Å². The Hall–Kier alpha value is -2.93. The van der Waals surface area contributed by atoms with Gasteiger partial charge in [-0.1, -0.05) is 48.9 Å². The summed E-state index contributed by atoms with van der Waals surface area (Å²) in [5.74, 6) is -1.88. The number of nitro groups is 1. The predicted molar refractivity (Wildman–Crippen MR) is 98.1 cm³/mol. The highest BCUT2D eigenvalue weighted by Gasteiger charge is 2.22. The number of halogens is 1. The fraction of sp³-hybridized carbons (Fsp3) is 0.263. The molecule has 0 aromatic heterocycles. The minimum absolute atomic E-state index is 0.0876. The first-order valence-corrected chi connectivity index (χ1v) is 8.63. The number of nitro benzene ring substituents is 1. The fourth-order valence-corrected chi connectivity index (χ4v) is 3.00. The number of carboxylic acids is 1. The number of carbonyl (C=O) groups is 2. The summed E-state index contributed by atoms with van der Waals surface area (Å²) in [5.41, 5.74) is 0.887. The zero-order valence-corrected chi connectivity index (χ0v) is 15.3. The summed E-state index contributed by atoms with van der Waals surface area (Å²) in [5, 5.41) is 24.8. The SMILES string of the molecule is C[C@H](CC(=O)N[C@H](CC(=O)[O-])c1cc([N+](=O)[O-])ccc1Cl)c1ccccc1. The van der Waals surface area contributed by atoms with Crippen molar-refractivity contribution in [1.82, 2.24) is 5.32 Å². The zero-order chi connectivity index (χ0) is 20.0. The van der Waals surface area contributed by atoms with Crippen LogP contribution in [-0.4, -0.2) is 16.8 Å². The molecular formula is C19H18ClN2O5-. The molecule has 7 nitrogen and oxygen atoms in total. The largest absolute Gasteiger partial charge is 0.550 e. The molecule has 0 unspecified atom stereocenters. The van der Waals surface area contributed by atoms with Gasteiger partial charge in [-0.25, -0.2) is 0 Å². The van der Waals surface area contributed by atoms with Gasteiger partial charge in [-0.3, -0.25) is 14.9 Å². The highest BCUT2D eigenvalue weighted by molar-refractivity contribution is 6.31. The predicted octanol–water partition coefficient (Wildman–Crippen LogP) is 2.74. The summed E-state index contributed by atoms with van der Waals surface area (Å²) in [6, 6.07) is 12.0. The van der Waals surface area contributed by atoms with Gasteiger partial charge in [0.2, 0.25) is 5.91 Å². The molecule has 0 saturated heterocycles. The minimum atomic E-state index is -1.40. The fourth-order valence-electron chi connectivity index (χ4n) is 2.75. The summed E-state index contributed by atoms with van der Waals surface area (Å²) in [7, 11) is 0. The summed E-state index contributed by atoms with van der Waals surface area (Å²) in [6.07, 6.45) is -0.424. The first kappa shape index (κ1) is 20.4. The number of nitrogens with one attached hydrogen (secondary N) is 1. The van der Waals surface area contributed by atoms with Crippen LogP contribution in [0.2, 0.25) is 5.02 Å². The molecule has 0 spiro atoms. The molecule has 0 radical (unpaired) electrons. The number of aliphatic carboxylic acids is 1. The number of non-ortho nitro benzene ring substituents is 1. The maximum absolute atomic E-state index is 12.4.